The molecule has 1 N–H and O–H groups in total. The predicted molar refractivity (Wildman–Crippen MR) is 95.3 cm³/mol. The molecule has 0 saturated carbocycles. The first-order chi connectivity index (χ1) is 12.8. The minimum atomic E-state index is -4.43. The first kappa shape index (κ1) is 18.6. The van der Waals surface area contributed by atoms with Gasteiger partial charge in [-0.1, -0.05) is 17.4 Å². The Bertz CT molecular complexity index is 962. The van der Waals surface area contributed by atoms with E-state index in [4.69, 9.17) is 0 Å². The van der Waals surface area contributed by atoms with Crippen LogP contribution in [0.5, 0.6) is 0 Å². The molecule has 140 valence electrons. The SMILES string of the molecule is C/C=C/Cn1cc(-c2cc(C)cc(Nc3cc(C(F)(F)F)ccn3)n2)nn1. The Morgan fingerprint density at radius 3 is 2.70 bits per heavy atom. The molecule has 3 heterocycles. The van der Waals surface area contributed by atoms with Crippen molar-refractivity contribution >= 4 is 11.6 Å². The fourth-order valence-corrected chi connectivity index (χ4v) is 2.39. The highest BCUT2D eigenvalue weighted by Gasteiger charge is 2.30. The number of allylic oxidation sites excluding steroid dienone is 2. The number of hydrogen-bond donors (Lipinski definition) is 1. The van der Waals surface area contributed by atoms with Crippen LogP contribution in [0.25, 0.3) is 11.4 Å². The van der Waals surface area contributed by atoms with E-state index in [0.717, 1.165) is 23.9 Å². The van der Waals surface area contributed by atoms with Crippen LogP contribution in [0.4, 0.5) is 24.8 Å². The van der Waals surface area contributed by atoms with Gasteiger partial charge in [-0.2, -0.15) is 13.2 Å². The van der Waals surface area contributed by atoms with Crippen LogP contribution in [0.15, 0.2) is 48.8 Å². The lowest BCUT2D eigenvalue weighted by molar-refractivity contribution is -0.137. The predicted octanol–water partition coefficient (Wildman–Crippen LogP) is 4.38. The summed E-state index contributed by atoms with van der Waals surface area (Å²) in [5.41, 5.74) is 1.23. The number of pyridine rings is 2. The van der Waals surface area contributed by atoms with E-state index in [-0.39, 0.29) is 5.82 Å². The second-order valence-corrected chi connectivity index (χ2v) is 5.86. The maximum absolute atomic E-state index is 12.9. The molecule has 0 fully saturated rings. The van der Waals surface area contributed by atoms with Crippen LogP contribution in [0, 0.1) is 6.92 Å². The highest BCUT2D eigenvalue weighted by molar-refractivity contribution is 5.61. The summed E-state index contributed by atoms with van der Waals surface area (Å²) in [6.07, 6.45) is 2.28. The molecule has 0 amide bonds. The average Bonchev–Trinajstić information content (AvgIpc) is 3.08. The molecule has 3 aromatic heterocycles. The van der Waals surface area contributed by atoms with Crippen LogP contribution in [-0.2, 0) is 12.7 Å². The van der Waals surface area contributed by atoms with Gasteiger partial charge in [0.2, 0.25) is 0 Å². The van der Waals surface area contributed by atoms with Gasteiger partial charge in [-0.15, -0.1) is 5.10 Å². The third-order valence-electron chi connectivity index (χ3n) is 3.64. The van der Waals surface area contributed by atoms with Crippen molar-refractivity contribution in [2.24, 2.45) is 0 Å². The van der Waals surface area contributed by atoms with Crippen molar-refractivity contribution in [3.63, 3.8) is 0 Å². The van der Waals surface area contributed by atoms with Gasteiger partial charge in [-0.3, -0.25) is 0 Å². The molecule has 0 aliphatic carbocycles. The zero-order valence-corrected chi connectivity index (χ0v) is 14.7. The molecule has 27 heavy (non-hydrogen) atoms. The molecule has 0 aliphatic heterocycles. The van der Waals surface area contributed by atoms with Crippen LogP contribution in [-0.4, -0.2) is 25.0 Å². The van der Waals surface area contributed by atoms with Gasteiger partial charge >= 0.3 is 6.18 Å². The van der Waals surface area contributed by atoms with Crippen molar-refractivity contribution in [2.45, 2.75) is 26.6 Å². The Kier molecular flexibility index (Phi) is 5.20. The number of rotatable bonds is 5. The van der Waals surface area contributed by atoms with Gasteiger partial charge in [-0.05, 0) is 43.7 Å². The van der Waals surface area contributed by atoms with Crippen LogP contribution >= 0.6 is 0 Å². The Morgan fingerprint density at radius 1 is 1.15 bits per heavy atom. The zero-order valence-electron chi connectivity index (χ0n) is 14.7. The quantitative estimate of drug-likeness (QED) is 0.671. The van der Waals surface area contributed by atoms with Crippen LogP contribution in [0.2, 0.25) is 0 Å². The van der Waals surface area contributed by atoms with E-state index in [1.807, 2.05) is 32.1 Å². The third-order valence-corrected chi connectivity index (χ3v) is 3.64. The fraction of sp³-hybridized carbons (Fsp3) is 0.222. The highest BCUT2D eigenvalue weighted by Crippen LogP contribution is 2.30. The molecule has 0 radical (unpaired) electrons. The van der Waals surface area contributed by atoms with Gasteiger partial charge < -0.3 is 5.32 Å². The summed E-state index contributed by atoms with van der Waals surface area (Å²) < 4.78 is 40.2. The van der Waals surface area contributed by atoms with Gasteiger partial charge in [0, 0.05) is 6.20 Å². The average molecular weight is 374 g/mol. The van der Waals surface area contributed by atoms with Crippen LogP contribution in [0.3, 0.4) is 0 Å². The van der Waals surface area contributed by atoms with Crippen molar-refractivity contribution < 1.29 is 13.2 Å². The summed E-state index contributed by atoms with van der Waals surface area (Å²) in [5, 5.41) is 10.9. The maximum atomic E-state index is 12.9. The molecule has 0 aliphatic rings. The summed E-state index contributed by atoms with van der Waals surface area (Å²) in [6.45, 7) is 4.37. The lowest BCUT2D eigenvalue weighted by atomic mass is 10.2. The van der Waals surface area contributed by atoms with Gasteiger partial charge in [0.05, 0.1) is 24.0 Å². The number of hydrogen-bond acceptors (Lipinski definition) is 5. The molecule has 3 aromatic rings. The van der Waals surface area contributed by atoms with Crippen LogP contribution in [0.1, 0.15) is 18.1 Å². The molecule has 0 atom stereocenters. The Hall–Kier alpha value is -3.23. The van der Waals surface area contributed by atoms with E-state index in [2.05, 4.69) is 25.6 Å². The monoisotopic (exact) mass is 374 g/mol. The molecule has 6 nitrogen and oxygen atoms in total. The van der Waals surface area contributed by atoms with Crippen molar-refractivity contribution in [2.75, 3.05) is 5.32 Å². The Labute approximate surface area is 153 Å². The second-order valence-electron chi connectivity index (χ2n) is 5.86. The number of nitrogens with one attached hydrogen (secondary N) is 1. The van der Waals surface area contributed by atoms with Crippen molar-refractivity contribution in [1.29, 1.82) is 0 Å². The van der Waals surface area contributed by atoms with E-state index in [1.165, 1.54) is 0 Å². The molecular formula is C18H17F3N6. The molecule has 3 rings (SSSR count). The topological polar surface area (TPSA) is 68.5 Å². The summed E-state index contributed by atoms with van der Waals surface area (Å²) >= 11 is 0. The molecular weight excluding hydrogens is 357 g/mol. The summed E-state index contributed by atoms with van der Waals surface area (Å²) in [7, 11) is 0. The Balaban J connectivity index is 1.87. The largest absolute Gasteiger partial charge is 0.416 e. The lowest BCUT2D eigenvalue weighted by Crippen LogP contribution is -2.06. The molecule has 9 heteroatoms. The number of nitrogens with zero attached hydrogens (tertiary/aromatic N) is 5. The first-order valence-corrected chi connectivity index (χ1v) is 8.16. The summed E-state index contributed by atoms with van der Waals surface area (Å²) in [5.74, 6) is 0.436. The van der Waals surface area contributed by atoms with E-state index in [1.54, 1.807) is 16.9 Å². The number of halogens is 3. The number of aromatic nitrogens is 5. The number of aryl methyl sites for hydroxylation is 1. The van der Waals surface area contributed by atoms with E-state index in [9.17, 15) is 13.2 Å². The smallest absolute Gasteiger partial charge is 0.325 e. The fourth-order valence-electron chi connectivity index (χ4n) is 2.39. The molecule has 0 unspecified atom stereocenters. The van der Waals surface area contributed by atoms with Gasteiger partial charge in [-0.25, -0.2) is 14.6 Å². The summed E-state index contributed by atoms with van der Waals surface area (Å²) in [6, 6.07) is 5.41. The minimum absolute atomic E-state index is 0.0608. The third kappa shape index (κ3) is 4.69. The standard InChI is InChI=1S/C18H17F3N6/c1-3-4-7-27-11-15(25-26-27)14-8-12(2)9-17(23-14)24-16-10-13(5-6-22-16)18(19,20)21/h3-6,8-11H,7H2,1-2H3,(H,22,23,24)/b4-3+. The maximum Gasteiger partial charge on any atom is 0.416 e. The highest BCUT2D eigenvalue weighted by atomic mass is 19.4. The Morgan fingerprint density at radius 2 is 1.96 bits per heavy atom. The van der Waals surface area contributed by atoms with Crippen molar-refractivity contribution in [3.8, 4) is 11.4 Å². The van der Waals surface area contributed by atoms with Crippen molar-refractivity contribution in [3.05, 3.63) is 59.9 Å². The zero-order chi connectivity index (χ0) is 19.4. The van der Waals surface area contributed by atoms with Gasteiger partial charge in [0.15, 0.2) is 0 Å². The van der Waals surface area contributed by atoms with E-state index < -0.39 is 11.7 Å². The van der Waals surface area contributed by atoms with Crippen LogP contribution < -0.4 is 5.32 Å². The molecule has 0 saturated heterocycles. The van der Waals surface area contributed by atoms with E-state index in [0.29, 0.717) is 23.8 Å². The first-order valence-electron chi connectivity index (χ1n) is 8.16. The van der Waals surface area contributed by atoms with Gasteiger partial charge in [0.1, 0.15) is 17.3 Å². The minimum Gasteiger partial charge on any atom is -0.325 e. The molecule has 0 bridgehead atoms. The lowest BCUT2D eigenvalue weighted by Gasteiger charge is -2.10. The van der Waals surface area contributed by atoms with Gasteiger partial charge in [0.25, 0.3) is 0 Å². The molecule has 0 spiro atoms. The normalized spacial score (nSPS) is 11.9. The summed E-state index contributed by atoms with van der Waals surface area (Å²) in [4.78, 5) is 8.35. The second kappa shape index (κ2) is 7.56. The number of anilines is 2. The van der Waals surface area contributed by atoms with E-state index >= 15 is 0 Å². The number of alkyl halides is 3. The van der Waals surface area contributed by atoms with Crippen molar-refractivity contribution in [1.82, 2.24) is 25.0 Å². The molecule has 0 aromatic carbocycles.